The van der Waals surface area contributed by atoms with Gasteiger partial charge in [0.2, 0.25) is 5.91 Å². The van der Waals surface area contributed by atoms with E-state index in [4.69, 9.17) is 4.74 Å². The Morgan fingerprint density at radius 3 is 2.77 bits per heavy atom. The average molecular weight is 364 g/mol. The molecule has 0 radical (unpaired) electrons. The van der Waals surface area contributed by atoms with E-state index in [1.54, 1.807) is 19.2 Å². The van der Waals surface area contributed by atoms with Crippen LogP contribution in [0.2, 0.25) is 0 Å². The van der Waals surface area contributed by atoms with Crippen molar-refractivity contribution < 1.29 is 9.53 Å². The van der Waals surface area contributed by atoms with Crippen LogP contribution in [0.5, 0.6) is 5.75 Å². The van der Waals surface area contributed by atoms with E-state index >= 15 is 0 Å². The van der Waals surface area contributed by atoms with Crippen LogP contribution in [-0.2, 0) is 4.79 Å². The zero-order chi connectivity index (χ0) is 17.9. The topological polar surface area (TPSA) is 79.9 Å². The van der Waals surface area contributed by atoms with Crippen LogP contribution in [0.25, 0.3) is 21.9 Å². The first-order valence-electron chi connectivity index (χ1n) is 8.03. The van der Waals surface area contributed by atoms with Gasteiger partial charge in [-0.3, -0.25) is 4.79 Å². The molecule has 1 amide bonds. The fraction of sp³-hybridized carbons (Fsp3) is 0.105. The number of para-hydroxylation sites is 1. The lowest BCUT2D eigenvalue weighted by Gasteiger charge is -2.06. The van der Waals surface area contributed by atoms with Crippen LogP contribution in [0.4, 0.5) is 5.69 Å². The summed E-state index contributed by atoms with van der Waals surface area (Å²) in [5.74, 6) is 0.913. The molecule has 0 aliphatic rings. The van der Waals surface area contributed by atoms with Crippen molar-refractivity contribution in [3.63, 3.8) is 0 Å². The maximum absolute atomic E-state index is 12.2. The second-order valence-electron chi connectivity index (χ2n) is 5.64. The molecule has 0 saturated heterocycles. The summed E-state index contributed by atoms with van der Waals surface area (Å²) in [6, 6.07) is 15.2. The second-order valence-corrected chi connectivity index (χ2v) is 6.60. The maximum atomic E-state index is 12.2. The van der Waals surface area contributed by atoms with Gasteiger partial charge in [-0.05, 0) is 30.3 Å². The summed E-state index contributed by atoms with van der Waals surface area (Å²) in [5.41, 5.74) is 3.46. The number of ether oxygens (including phenoxy) is 1. The van der Waals surface area contributed by atoms with Gasteiger partial charge in [-0.1, -0.05) is 30.0 Å². The third-order valence-corrected chi connectivity index (χ3v) is 4.96. The Bertz CT molecular complexity index is 1080. The van der Waals surface area contributed by atoms with Gasteiger partial charge in [-0.2, -0.15) is 0 Å². The largest absolute Gasteiger partial charge is 0.497 e. The molecule has 0 spiro atoms. The number of fused-ring (bicyclic) bond motifs is 3. The highest BCUT2D eigenvalue weighted by molar-refractivity contribution is 8.00. The molecular formula is C19H16N4O2S. The van der Waals surface area contributed by atoms with Crippen LogP contribution in [0, 0.1) is 0 Å². The predicted octanol–water partition coefficient (Wildman–Crippen LogP) is 3.85. The quantitative estimate of drug-likeness (QED) is 0.415. The van der Waals surface area contributed by atoms with E-state index in [1.165, 1.54) is 18.1 Å². The Hall–Kier alpha value is -3.06. The molecule has 6 nitrogen and oxygen atoms in total. The maximum Gasteiger partial charge on any atom is 0.234 e. The minimum atomic E-state index is -0.0944. The second kappa shape index (κ2) is 7.05. The van der Waals surface area contributed by atoms with E-state index < -0.39 is 0 Å². The van der Waals surface area contributed by atoms with Crippen LogP contribution in [-0.4, -0.2) is 33.7 Å². The van der Waals surface area contributed by atoms with Crippen molar-refractivity contribution in [2.45, 2.75) is 5.03 Å². The first-order chi connectivity index (χ1) is 12.7. The SMILES string of the molecule is COc1ccc(NC(=O)CSc2ncnc3c2[nH]c2ccccc23)cc1. The Balaban J connectivity index is 1.49. The summed E-state index contributed by atoms with van der Waals surface area (Å²) in [6.45, 7) is 0. The van der Waals surface area contributed by atoms with Crippen LogP contribution in [0.1, 0.15) is 0 Å². The monoisotopic (exact) mass is 364 g/mol. The molecule has 0 aliphatic carbocycles. The van der Waals surface area contributed by atoms with Crippen molar-refractivity contribution in [2.24, 2.45) is 0 Å². The highest BCUT2D eigenvalue weighted by Crippen LogP contribution is 2.29. The van der Waals surface area contributed by atoms with Gasteiger partial charge in [0.25, 0.3) is 0 Å². The smallest absolute Gasteiger partial charge is 0.234 e. The number of carbonyl (C=O) groups excluding carboxylic acids is 1. The van der Waals surface area contributed by atoms with Gasteiger partial charge in [-0.15, -0.1) is 0 Å². The number of nitrogens with one attached hydrogen (secondary N) is 2. The number of aromatic nitrogens is 3. The standard InChI is InChI=1S/C19H16N4O2S/c1-25-13-8-6-12(7-9-13)22-16(24)10-26-19-18-17(20-11-21-19)14-4-2-3-5-15(14)23-18/h2-9,11,23H,10H2,1H3,(H,22,24). The van der Waals surface area contributed by atoms with E-state index in [0.717, 1.165) is 38.4 Å². The molecule has 4 rings (SSSR count). The normalized spacial score (nSPS) is 11.0. The Kier molecular flexibility index (Phi) is 4.45. The van der Waals surface area contributed by atoms with Gasteiger partial charge in [0.05, 0.1) is 18.4 Å². The predicted molar refractivity (Wildman–Crippen MR) is 104 cm³/mol. The minimum absolute atomic E-state index is 0.0944. The van der Waals surface area contributed by atoms with Crippen LogP contribution in [0.3, 0.4) is 0 Å². The Morgan fingerprint density at radius 2 is 1.96 bits per heavy atom. The summed E-state index contributed by atoms with van der Waals surface area (Å²) >= 11 is 1.38. The molecule has 130 valence electrons. The zero-order valence-corrected chi connectivity index (χ0v) is 14.8. The van der Waals surface area contributed by atoms with Gasteiger partial charge in [-0.25, -0.2) is 9.97 Å². The fourth-order valence-corrected chi connectivity index (χ4v) is 3.49. The summed E-state index contributed by atoms with van der Waals surface area (Å²) in [7, 11) is 1.61. The molecular weight excluding hydrogens is 348 g/mol. The highest BCUT2D eigenvalue weighted by atomic mass is 32.2. The van der Waals surface area contributed by atoms with Gasteiger partial charge >= 0.3 is 0 Å². The molecule has 7 heteroatoms. The van der Waals surface area contributed by atoms with E-state index in [-0.39, 0.29) is 11.7 Å². The first kappa shape index (κ1) is 16.4. The summed E-state index contributed by atoms with van der Waals surface area (Å²) in [6.07, 6.45) is 1.53. The lowest BCUT2D eigenvalue weighted by atomic mass is 10.2. The summed E-state index contributed by atoms with van der Waals surface area (Å²) in [5, 5.41) is 4.68. The van der Waals surface area contributed by atoms with Crippen molar-refractivity contribution in [1.82, 2.24) is 15.0 Å². The van der Waals surface area contributed by atoms with Crippen LogP contribution >= 0.6 is 11.8 Å². The van der Waals surface area contributed by atoms with Crippen molar-refractivity contribution in [3.8, 4) is 5.75 Å². The third-order valence-electron chi connectivity index (χ3n) is 3.97. The number of H-pyrrole nitrogens is 1. The van der Waals surface area contributed by atoms with E-state index in [9.17, 15) is 4.79 Å². The molecule has 0 unspecified atom stereocenters. The fourth-order valence-electron chi connectivity index (χ4n) is 2.73. The van der Waals surface area contributed by atoms with E-state index in [0.29, 0.717) is 0 Å². The number of benzene rings is 2. The minimum Gasteiger partial charge on any atom is -0.497 e. The third kappa shape index (κ3) is 3.21. The molecule has 2 heterocycles. The lowest BCUT2D eigenvalue weighted by molar-refractivity contribution is -0.113. The van der Waals surface area contributed by atoms with E-state index in [1.807, 2.05) is 36.4 Å². The number of aromatic amines is 1. The number of hydrogen-bond acceptors (Lipinski definition) is 5. The lowest BCUT2D eigenvalue weighted by Crippen LogP contribution is -2.14. The Labute approximate surface area is 154 Å². The van der Waals surface area contributed by atoms with Crippen molar-refractivity contribution in [1.29, 1.82) is 0 Å². The molecule has 2 aromatic carbocycles. The van der Waals surface area contributed by atoms with Crippen molar-refractivity contribution >= 4 is 45.3 Å². The molecule has 0 aliphatic heterocycles. The number of anilines is 1. The van der Waals surface area contributed by atoms with Crippen molar-refractivity contribution in [2.75, 3.05) is 18.2 Å². The highest BCUT2D eigenvalue weighted by Gasteiger charge is 2.12. The van der Waals surface area contributed by atoms with E-state index in [2.05, 4.69) is 20.3 Å². The number of carbonyl (C=O) groups is 1. The molecule has 0 fully saturated rings. The summed E-state index contributed by atoms with van der Waals surface area (Å²) < 4.78 is 5.11. The van der Waals surface area contributed by atoms with Gasteiger partial charge in [0.15, 0.2) is 0 Å². The van der Waals surface area contributed by atoms with Gasteiger partial charge in [0, 0.05) is 16.6 Å². The molecule has 4 aromatic rings. The van der Waals surface area contributed by atoms with Gasteiger partial charge < -0.3 is 15.0 Å². The summed E-state index contributed by atoms with van der Waals surface area (Å²) in [4.78, 5) is 24.3. The van der Waals surface area contributed by atoms with Crippen LogP contribution < -0.4 is 10.1 Å². The first-order valence-corrected chi connectivity index (χ1v) is 9.01. The molecule has 2 N–H and O–H groups in total. The molecule has 26 heavy (non-hydrogen) atoms. The number of thioether (sulfide) groups is 1. The van der Waals surface area contributed by atoms with Gasteiger partial charge in [0.1, 0.15) is 22.6 Å². The molecule has 2 aromatic heterocycles. The molecule has 0 saturated carbocycles. The van der Waals surface area contributed by atoms with Crippen LogP contribution in [0.15, 0.2) is 59.9 Å². The zero-order valence-electron chi connectivity index (χ0n) is 14.0. The number of rotatable bonds is 5. The molecule has 0 bridgehead atoms. The molecule has 0 atom stereocenters. The number of methoxy groups -OCH3 is 1. The average Bonchev–Trinajstić information content (AvgIpc) is 3.06. The number of nitrogens with zero attached hydrogens (tertiary/aromatic N) is 2. The van der Waals surface area contributed by atoms with Crippen molar-refractivity contribution in [3.05, 3.63) is 54.9 Å². The Morgan fingerprint density at radius 1 is 1.15 bits per heavy atom. The number of hydrogen-bond donors (Lipinski definition) is 2. The number of amides is 1.